The second-order valence-electron chi connectivity index (χ2n) is 8.14. The first kappa shape index (κ1) is 22.6. The molecule has 0 radical (unpaired) electrons. The molecule has 2 heterocycles. The maximum atomic E-state index is 12.2. The third-order valence-corrected chi connectivity index (χ3v) is 5.72. The van der Waals surface area contributed by atoms with Crippen LogP contribution in [-0.4, -0.2) is 27.8 Å². The lowest BCUT2D eigenvalue weighted by atomic mass is 10.1. The third kappa shape index (κ3) is 5.00. The molecular formula is C28H23N7O. The van der Waals surface area contributed by atoms with E-state index in [1.54, 1.807) is 6.20 Å². The van der Waals surface area contributed by atoms with Crippen LogP contribution in [0.4, 0.5) is 21.9 Å². The number of aromatic amines is 1. The lowest BCUT2D eigenvalue weighted by Crippen LogP contribution is -2.19. The average Bonchev–Trinajstić information content (AvgIpc) is 3.35. The number of hydrogen-bond donors (Lipinski definition) is 4. The number of carbonyl (C=O) groups is 1. The SMILES string of the molecule is N#Cc1cnc2[nH]nc(-c3ccccc3)c2c1NCCc1ccc(NC(=O)Nc2ccccc2)cc1. The van der Waals surface area contributed by atoms with E-state index in [4.69, 9.17) is 0 Å². The molecule has 0 fully saturated rings. The van der Waals surface area contributed by atoms with Crippen LogP contribution in [0.2, 0.25) is 0 Å². The largest absolute Gasteiger partial charge is 0.383 e. The molecule has 5 aromatic rings. The van der Waals surface area contributed by atoms with Gasteiger partial charge in [0, 0.05) is 29.7 Å². The summed E-state index contributed by atoms with van der Waals surface area (Å²) in [6.45, 7) is 0.606. The number of hydrogen-bond acceptors (Lipinski definition) is 5. The predicted molar refractivity (Wildman–Crippen MR) is 142 cm³/mol. The lowest BCUT2D eigenvalue weighted by Gasteiger charge is -2.11. The molecule has 2 aromatic heterocycles. The number of para-hydroxylation sites is 1. The van der Waals surface area contributed by atoms with Gasteiger partial charge in [0.05, 0.1) is 16.6 Å². The molecule has 0 saturated heterocycles. The number of nitrogens with one attached hydrogen (secondary N) is 4. The van der Waals surface area contributed by atoms with Crippen molar-refractivity contribution in [2.75, 3.05) is 22.5 Å². The number of rotatable bonds is 7. The van der Waals surface area contributed by atoms with Crippen LogP contribution < -0.4 is 16.0 Å². The number of nitriles is 1. The molecule has 0 atom stereocenters. The fraction of sp³-hybridized carbons (Fsp3) is 0.0714. The van der Waals surface area contributed by atoms with Gasteiger partial charge < -0.3 is 16.0 Å². The van der Waals surface area contributed by atoms with Crippen LogP contribution >= 0.6 is 0 Å². The zero-order valence-corrected chi connectivity index (χ0v) is 19.3. The Morgan fingerprint density at radius 3 is 2.25 bits per heavy atom. The summed E-state index contributed by atoms with van der Waals surface area (Å²) in [7, 11) is 0. The summed E-state index contributed by atoms with van der Waals surface area (Å²) in [6.07, 6.45) is 2.28. The van der Waals surface area contributed by atoms with Gasteiger partial charge in [0.1, 0.15) is 11.8 Å². The Balaban J connectivity index is 1.26. The molecule has 8 nitrogen and oxygen atoms in total. The Hall–Kier alpha value is -5.16. The van der Waals surface area contributed by atoms with Crippen molar-refractivity contribution in [3.05, 3.63) is 102 Å². The Labute approximate surface area is 208 Å². The van der Waals surface area contributed by atoms with Gasteiger partial charge >= 0.3 is 6.03 Å². The molecule has 36 heavy (non-hydrogen) atoms. The standard InChI is InChI=1S/C28H23N7O/c29-17-21-18-31-27-24(26(34-35-27)20-7-3-1-4-8-20)25(21)30-16-15-19-11-13-23(14-12-19)33-28(36)32-22-9-5-2-6-10-22/h1-14,18H,15-16H2,(H2,32,33,36)(H2,30,31,34,35). The summed E-state index contributed by atoms with van der Waals surface area (Å²) < 4.78 is 0. The normalized spacial score (nSPS) is 10.5. The van der Waals surface area contributed by atoms with Gasteiger partial charge in [-0.25, -0.2) is 9.78 Å². The van der Waals surface area contributed by atoms with Gasteiger partial charge in [-0.3, -0.25) is 5.10 Å². The van der Waals surface area contributed by atoms with E-state index in [-0.39, 0.29) is 6.03 Å². The van der Waals surface area contributed by atoms with Crippen molar-refractivity contribution in [2.24, 2.45) is 0 Å². The van der Waals surface area contributed by atoms with Crippen LogP contribution in [-0.2, 0) is 6.42 Å². The fourth-order valence-electron chi connectivity index (χ4n) is 3.97. The Morgan fingerprint density at radius 2 is 1.56 bits per heavy atom. The number of pyridine rings is 1. The predicted octanol–water partition coefficient (Wildman–Crippen LogP) is 5.80. The molecule has 0 aliphatic rings. The molecule has 2 amide bonds. The molecule has 0 aliphatic carbocycles. The maximum absolute atomic E-state index is 12.2. The summed E-state index contributed by atoms with van der Waals surface area (Å²) in [4.78, 5) is 16.6. The summed E-state index contributed by atoms with van der Waals surface area (Å²) in [5, 5.41) is 27.0. The smallest absolute Gasteiger partial charge is 0.323 e. The molecular weight excluding hydrogens is 450 g/mol. The Morgan fingerprint density at radius 1 is 0.889 bits per heavy atom. The minimum absolute atomic E-state index is 0.296. The third-order valence-electron chi connectivity index (χ3n) is 5.72. The van der Waals surface area contributed by atoms with Crippen molar-refractivity contribution in [2.45, 2.75) is 6.42 Å². The zero-order valence-electron chi connectivity index (χ0n) is 19.3. The highest BCUT2D eigenvalue weighted by molar-refractivity contribution is 6.02. The van der Waals surface area contributed by atoms with Crippen molar-refractivity contribution in [1.29, 1.82) is 5.26 Å². The van der Waals surface area contributed by atoms with Gasteiger partial charge in [-0.15, -0.1) is 0 Å². The van der Waals surface area contributed by atoms with E-state index in [9.17, 15) is 10.1 Å². The van der Waals surface area contributed by atoms with Crippen LogP contribution in [0.15, 0.2) is 91.1 Å². The molecule has 0 bridgehead atoms. The van der Waals surface area contributed by atoms with Crippen molar-refractivity contribution < 1.29 is 4.79 Å². The minimum Gasteiger partial charge on any atom is -0.383 e. The van der Waals surface area contributed by atoms with Gasteiger partial charge in [-0.2, -0.15) is 10.4 Å². The lowest BCUT2D eigenvalue weighted by molar-refractivity contribution is 0.262. The van der Waals surface area contributed by atoms with Gasteiger partial charge in [-0.05, 0) is 36.2 Å². The molecule has 0 spiro atoms. The molecule has 8 heteroatoms. The second-order valence-corrected chi connectivity index (χ2v) is 8.14. The first-order valence-electron chi connectivity index (χ1n) is 11.5. The van der Waals surface area contributed by atoms with E-state index < -0.39 is 0 Å². The number of benzene rings is 3. The molecule has 4 N–H and O–H groups in total. The molecule has 176 valence electrons. The number of carbonyl (C=O) groups excluding carboxylic acids is 1. The first-order chi connectivity index (χ1) is 17.7. The van der Waals surface area contributed by atoms with E-state index in [2.05, 4.69) is 37.2 Å². The monoisotopic (exact) mass is 473 g/mol. The van der Waals surface area contributed by atoms with Crippen LogP contribution in [0.1, 0.15) is 11.1 Å². The fourth-order valence-corrected chi connectivity index (χ4v) is 3.97. The summed E-state index contributed by atoms with van der Waals surface area (Å²) in [6, 6.07) is 28.7. The topological polar surface area (TPSA) is 119 Å². The zero-order chi connectivity index (χ0) is 24.7. The summed E-state index contributed by atoms with van der Waals surface area (Å²) in [5.41, 5.74) is 6.03. The van der Waals surface area contributed by atoms with E-state index in [1.165, 1.54) is 0 Å². The summed E-state index contributed by atoms with van der Waals surface area (Å²) >= 11 is 0. The highest BCUT2D eigenvalue weighted by Gasteiger charge is 2.16. The minimum atomic E-state index is -0.296. The molecule has 3 aromatic carbocycles. The van der Waals surface area contributed by atoms with Crippen LogP contribution in [0.5, 0.6) is 0 Å². The number of anilines is 3. The van der Waals surface area contributed by atoms with Crippen molar-refractivity contribution in [3.8, 4) is 17.3 Å². The van der Waals surface area contributed by atoms with E-state index in [1.807, 2.05) is 84.9 Å². The van der Waals surface area contributed by atoms with Crippen molar-refractivity contribution in [1.82, 2.24) is 15.2 Å². The summed E-state index contributed by atoms with van der Waals surface area (Å²) in [5.74, 6) is 0. The van der Waals surface area contributed by atoms with Crippen LogP contribution in [0.3, 0.4) is 0 Å². The molecule has 0 aliphatic heterocycles. The molecule has 5 rings (SSSR count). The van der Waals surface area contributed by atoms with Crippen LogP contribution in [0, 0.1) is 11.3 Å². The van der Waals surface area contributed by atoms with E-state index in [0.717, 1.165) is 34.3 Å². The Bertz CT molecular complexity index is 1520. The number of H-pyrrole nitrogens is 1. The quantitative estimate of drug-likeness (QED) is 0.238. The molecule has 0 saturated carbocycles. The van der Waals surface area contributed by atoms with Crippen LogP contribution in [0.25, 0.3) is 22.3 Å². The highest BCUT2D eigenvalue weighted by Crippen LogP contribution is 2.33. The average molecular weight is 474 g/mol. The molecule has 0 unspecified atom stereocenters. The van der Waals surface area contributed by atoms with Gasteiger partial charge in [0.2, 0.25) is 0 Å². The maximum Gasteiger partial charge on any atom is 0.323 e. The van der Waals surface area contributed by atoms with Crippen molar-refractivity contribution >= 4 is 34.1 Å². The van der Waals surface area contributed by atoms with Gasteiger partial charge in [-0.1, -0.05) is 60.7 Å². The van der Waals surface area contributed by atoms with E-state index in [0.29, 0.717) is 29.1 Å². The number of aromatic nitrogens is 3. The number of nitrogens with zero attached hydrogens (tertiary/aromatic N) is 3. The van der Waals surface area contributed by atoms with Gasteiger partial charge in [0.25, 0.3) is 0 Å². The second kappa shape index (κ2) is 10.4. The van der Waals surface area contributed by atoms with Crippen molar-refractivity contribution in [3.63, 3.8) is 0 Å². The number of fused-ring (bicyclic) bond motifs is 1. The first-order valence-corrected chi connectivity index (χ1v) is 11.5. The number of urea groups is 1. The van der Waals surface area contributed by atoms with Gasteiger partial charge in [0.15, 0.2) is 5.65 Å². The number of amides is 2. The van der Waals surface area contributed by atoms with E-state index >= 15 is 0 Å². The highest BCUT2D eigenvalue weighted by atomic mass is 16.2. The Kier molecular flexibility index (Phi) is 6.54.